The van der Waals surface area contributed by atoms with Gasteiger partial charge in [-0.15, -0.1) is 0 Å². The van der Waals surface area contributed by atoms with E-state index in [2.05, 4.69) is 19.1 Å². The van der Waals surface area contributed by atoms with E-state index < -0.39 is 34.4 Å². The maximum Gasteiger partial charge on any atom is 0.144 e. The van der Waals surface area contributed by atoms with Crippen LogP contribution in [-0.4, -0.2) is 0 Å². The minimum atomic E-state index is -1.13. The van der Waals surface area contributed by atoms with Gasteiger partial charge in [0, 0.05) is 0 Å². The zero-order valence-electron chi connectivity index (χ0n) is 18.9. The van der Waals surface area contributed by atoms with Crippen molar-refractivity contribution in [2.45, 2.75) is 64.2 Å². The van der Waals surface area contributed by atoms with Gasteiger partial charge in [-0.3, -0.25) is 0 Å². The molecule has 33 heavy (non-hydrogen) atoms. The van der Waals surface area contributed by atoms with Crippen molar-refractivity contribution in [1.82, 2.24) is 0 Å². The van der Waals surface area contributed by atoms with Crippen molar-refractivity contribution in [3.8, 4) is 17.2 Å². The molecule has 0 amide bonds. The Hall–Kier alpha value is -2.61. The summed E-state index contributed by atoms with van der Waals surface area (Å²) in [5.74, 6) is -1.75. The summed E-state index contributed by atoms with van der Waals surface area (Å²) >= 11 is 0. The van der Waals surface area contributed by atoms with Gasteiger partial charge in [0.05, 0.1) is 5.56 Å². The lowest BCUT2D eigenvalue weighted by Crippen LogP contribution is -2.30. The number of benzene rings is 2. The summed E-state index contributed by atoms with van der Waals surface area (Å²) in [6.45, 7) is 2.05. The summed E-state index contributed by atoms with van der Waals surface area (Å²) in [7, 11) is 0. The smallest absolute Gasteiger partial charge is 0.144 e. The van der Waals surface area contributed by atoms with E-state index in [0.717, 1.165) is 43.7 Å². The van der Waals surface area contributed by atoms with Crippen molar-refractivity contribution >= 4 is 0 Å². The molecular weight excluding hydrogens is 426 g/mol. The van der Waals surface area contributed by atoms with Crippen molar-refractivity contribution in [3.05, 3.63) is 70.8 Å². The fraction of sp³-hybridized carbons (Fsp3) is 0.464. The van der Waals surface area contributed by atoms with Crippen LogP contribution in [0, 0.1) is 52.4 Å². The van der Waals surface area contributed by atoms with E-state index in [9.17, 15) is 17.6 Å². The summed E-state index contributed by atoms with van der Waals surface area (Å²) in [5, 5.41) is 8.82. The second kappa shape index (κ2) is 10.1. The van der Waals surface area contributed by atoms with Gasteiger partial charge in [-0.05, 0) is 111 Å². The SMILES string of the molecule is C/C=C/CCC1CCC2CC(c3cc(F)c(-c4cc(F)c(C#N)c(F)c4)c(F)c3)CCC2C1. The first-order valence-electron chi connectivity index (χ1n) is 11.9. The summed E-state index contributed by atoms with van der Waals surface area (Å²) in [5.41, 5.74) is -0.844. The summed E-state index contributed by atoms with van der Waals surface area (Å²) < 4.78 is 57.9. The molecule has 4 rings (SSSR count). The normalized spacial score (nSPS) is 25.1. The van der Waals surface area contributed by atoms with Crippen LogP contribution in [-0.2, 0) is 0 Å². The Morgan fingerprint density at radius 1 is 0.879 bits per heavy atom. The number of hydrogen-bond acceptors (Lipinski definition) is 1. The van der Waals surface area contributed by atoms with Crippen LogP contribution in [0.1, 0.15) is 75.3 Å². The Labute approximate surface area is 193 Å². The number of rotatable bonds is 5. The van der Waals surface area contributed by atoms with E-state index in [0.29, 0.717) is 17.4 Å². The Morgan fingerprint density at radius 2 is 1.52 bits per heavy atom. The summed E-state index contributed by atoms with van der Waals surface area (Å²) in [6, 6.07) is 5.68. The van der Waals surface area contributed by atoms with E-state index in [1.165, 1.54) is 43.9 Å². The maximum atomic E-state index is 15.0. The number of fused-ring (bicyclic) bond motifs is 1. The third-order valence-electron chi connectivity index (χ3n) is 7.68. The zero-order chi connectivity index (χ0) is 23.5. The molecule has 2 aliphatic carbocycles. The topological polar surface area (TPSA) is 23.8 Å². The van der Waals surface area contributed by atoms with E-state index in [1.54, 1.807) is 0 Å². The first-order chi connectivity index (χ1) is 15.9. The molecule has 0 bridgehead atoms. The third kappa shape index (κ3) is 5.00. The van der Waals surface area contributed by atoms with E-state index in [4.69, 9.17) is 5.26 Å². The predicted molar refractivity (Wildman–Crippen MR) is 121 cm³/mol. The Morgan fingerprint density at radius 3 is 2.15 bits per heavy atom. The molecular formula is C28H29F4N. The molecule has 0 spiro atoms. The molecule has 0 N–H and O–H groups in total. The maximum absolute atomic E-state index is 15.0. The van der Waals surface area contributed by atoms with E-state index in [-0.39, 0.29) is 11.5 Å². The van der Waals surface area contributed by atoms with Gasteiger partial charge in [0.1, 0.15) is 34.9 Å². The van der Waals surface area contributed by atoms with Crippen molar-refractivity contribution in [2.75, 3.05) is 0 Å². The van der Waals surface area contributed by atoms with Crippen LogP contribution in [0.2, 0.25) is 0 Å². The van der Waals surface area contributed by atoms with Gasteiger partial charge in [0.2, 0.25) is 0 Å². The molecule has 0 radical (unpaired) electrons. The second-order valence-electron chi connectivity index (χ2n) is 9.64. The third-order valence-corrected chi connectivity index (χ3v) is 7.68. The van der Waals surface area contributed by atoms with E-state index in [1.807, 2.05) is 0 Å². The quantitative estimate of drug-likeness (QED) is 0.328. The van der Waals surface area contributed by atoms with Crippen LogP contribution in [0.15, 0.2) is 36.4 Å². The van der Waals surface area contributed by atoms with Crippen molar-refractivity contribution in [2.24, 2.45) is 17.8 Å². The monoisotopic (exact) mass is 455 g/mol. The largest absolute Gasteiger partial charge is 0.206 e. The first kappa shape index (κ1) is 23.5. The molecule has 0 heterocycles. The zero-order valence-corrected chi connectivity index (χ0v) is 18.9. The lowest BCUT2D eigenvalue weighted by atomic mass is 9.63. The standard InChI is InChI=1S/C28H29F4N/c1-2-3-4-5-17-6-7-19-11-20(9-8-18(19)10-17)21-12-26(31)28(27(32)13-21)22-14-24(29)23(16-33)25(30)15-22/h2-3,12-15,17-20H,4-11H2,1H3/b3-2+. The van der Waals surface area contributed by atoms with Crippen molar-refractivity contribution in [3.63, 3.8) is 0 Å². The lowest BCUT2D eigenvalue weighted by Gasteiger charge is -2.42. The number of nitriles is 1. The Bertz CT molecular complexity index is 1040. The molecule has 2 aromatic carbocycles. The molecule has 4 atom stereocenters. The highest BCUT2D eigenvalue weighted by Gasteiger charge is 2.36. The molecule has 2 aliphatic rings. The minimum Gasteiger partial charge on any atom is -0.206 e. The Balaban J connectivity index is 1.49. The highest BCUT2D eigenvalue weighted by molar-refractivity contribution is 5.66. The van der Waals surface area contributed by atoms with Crippen LogP contribution in [0.3, 0.4) is 0 Å². The lowest BCUT2D eigenvalue weighted by molar-refractivity contribution is 0.115. The van der Waals surface area contributed by atoms with Crippen LogP contribution in [0.4, 0.5) is 17.6 Å². The minimum absolute atomic E-state index is 0.0957. The average Bonchev–Trinajstić information content (AvgIpc) is 2.78. The van der Waals surface area contributed by atoms with Crippen LogP contribution in [0.25, 0.3) is 11.1 Å². The van der Waals surface area contributed by atoms with Crippen LogP contribution >= 0.6 is 0 Å². The number of nitrogens with zero attached hydrogens (tertiary/aromatic N) is 1. The predicted octanol–water partition coefficient (Wildman–Crippen LogP) is 8.44. The molecule has 2 saturated carbocycles. The molecule has 1 nitrogen and oxygen atoms in total. The van der Waals surface area contributed by atoms with Gasteiger partial charge in [0.15, 0.2) is 0 Å². The molecule has 2 aromatic rings. The molecule has 4 unspecified atom stereocenters. The average molecular weight is 456 g/mol. The Kier molecular flexibility index (Phi) is 7.22. The number of allylic oxidation sites excluding steroid dienone is 2. The number of hydrogen-bond donors (Lipinski definition) is 0. The second-order valence-corrected chi connectivity index (χ2v) is 9.64. The fourth-order valence-electron chi connectivity index (χ4n) is 5.98. The van der Waals surface area contributed by atoms with E-state index >= 15 is 0 Å². The van der Waals surface area contributed by atoms with Gasteiger partial charge in [-0.25, -0.2) is 17.6 Å². The van der Waals surface area contributed by atoms with Gasteiger partial charge in [-0.1, -0.05) is 18.6 Å². The van der Waals surface area contributed by atoms with Gasteiger partial charge >= 0.3 is 0 Å². The van der Waals surface area contributed by atoms with Crippen molar-refractivity contribution in [1.29, 1.82) is 5.26 Å². The van der Waals surface area contributed by atoms with Gasteiger partial charge < -0.3 is 0 Å². The van der Waals surface area contributed by atoms with Gasteiger partial charge in [0.25, 0.3) is 0 Å². The molecule has 5 heteroatoms. The van der Waals surface area contributed by atoms with Gasteiger partial charge in [-0.2, -0.15) is 5.26 Å². The number of halogens is 4. The fourth-order valence-corrected chi connectivity index (χ4v) is 5.98. The summed E-state index contributed by atoms with van der Waals surface area (Å²) in [4.78, 5) is 0. The molecule has 174 valence electrons. The highest BCUT2D eigenvalue weighted by atomic mass is 19.1. The molecule has 2 fully saturated rings. The van der Waals surface area contributed by atoms with Crippen LogP contribution < -0.4 is 0 Å². The molecule has 0 saturated heterocycles. The highest BCUT2D eigenvalue weighted by Crippen LogP contribution is 2.48. The molecule has 0 aromatic heterocycles. The van der Waals surface area contributed by atoms with Crippen LogP contribution in [0.5, 0.6) is 0 Å². The molecule has 0 aliphatic heterocycles. The summed E-state index contributed by atoms with van der Waals surface area (Å²) in [6.07, 6.45) is 13.3. The van der Waals surface area contributed by atoms with Crippen molar-refractivity contribution < 1.29 is 17.6 Å². The first-order valence-corrected chi connectivity index (χ1v) is 11.9.